The second-order valence-electron chi connectivity index (χ2n) is 4.50. The highest BCUT2D eigenvalue weighted by atomic mass is 16.3. The van der Waals surface area contributed by atoms with Crippen molar-refractivity contribution in [1.82, 2.24) is 15.4 Å². The van der Waals surface area contributed by atoms with Crippen LogP contribution in [0.25, 0.3) is 22.4 Å². The largest absolute Gasteiger partial charge is 0.392 e. The molecule has 5 nitrogen and oxygen atoms in total. The van der Waals surface area contributed by atoms with Gasteiger partial charge in [0.15, 0.2) is 5.82 Å². The summed E-state index contributed by atoms with van der Waals surface area (Å²) in [5.74, 6) is 0.381. The minimum absolute atomic E-state index is 0.0315. The number of nitrogens with one attached hydrogen (secondary N) is 1. The molecule has 100 valence electrons. The maximum absolute atomic E-state index is 9.21. The zero-order valence-corrected chi connectivity index (χ0v) is 10.7. The molecule has 3 aromatic rings. The average Bonchev–Trinajstić information content (AvgIpc) is 2.94. The Balaban J connectivity index is 2.05. The fraction of sp³-hybridized carbons (Fsp3) is 0.0667. The van der Waals surface area contributed by atoms with Crippen LogP contribution >= 0.6 is 0 Å². The summed E-state index contributed by atoms with van der Waals surface area (Å²) in [5, 5.41) is 19.6. The Kier molecular flexibility index (Phi) is 3.18. The van der Waals surface area contributed by atoms with Crippen LogP contribution in [0, 0.1) is 0 Å². The van der Waals surface area contributed by atoms with Crippen LogP contribution in [0.15, 0.2) is 48.5 Å². The molecular weight excluding hydrogens is 252 g/mol. The summed E-state index contributed by atoms with van der Waals surface area (Å²) in [7, 11) is 0. The molecule has 5 heteroatoms. The van der Waals surface area contributed by atoms with Crippen molar-refractivity contribution in [2.24, 2.45) is 0 Å². The van der Waals surface area contributed by atoms with Crippen molar-refractivity contribution in [2.75, 3.05) is 5.73 Å². The minimum atomic E-state index is 0.0315. The third-order valence-corrected chi connectivity index (χ3v) is 3.15. The van der Waals surface area contributed by atoms with Crippen LogP contribution in [-0.2, 0) is 6.61 Å². The highest BCUT2D eigenvalue weighted by Crippen LogP contribution is 2.27. The normalized spacial score (nSPS) is 10.7. The van der Waals surface area contributed by atoms with Gasteiger partial charge in [0.25, 0.3) is 0 Å². The Labute approximate surface area is 116 Å². The van der Waals surface area contributed by atoms with Gasteiger partial charge in [-0.05, 0) is 28.8 Å². The van der Waals surface area contributed by atoms with E-state index in [1.807, 2.05) is 48.5 Å². The molecule has 20 heavy (non-hydrogen) atoms. The molecule has 1 heterocycles. The first-order valence-corrected chi connectivity index (χ1v) is 6.25. The first kappa shape index (κ1) is 12.4. The standard InChI is InChI=1S/C15H14N4O/c16-15-14(17-19-18-15)13-6-2-5-12(8-13)11-4-1-3-10(7-11)9-20/h1-8,20H,9H2,(H3,16,17,18,19). The summed E-state index contributed by atoms with van der Waals surface area (Å²) in [5.41, 5.74) is 10.3. The van der Waals surface area contributed by atoms with E-state index in [1.54, 1.807) is 0 Å². The van der Waals surface area contributed by atoms with Crippen LogP contribution in [0.5, 0.6) is 0 Å². The van der Waals surface area contributed by atoms with Gasteiger partial charge in [-0.3, -0.25) is 0 Å². The first-order valence-electron chi connectivity index (χ1n) is 6.25. The van der Waals surface area contributed by atoms with Crippen LogP contribution in [0.4, 0.5) is 5.82 Å². The molecule has 1 aromatic heterocycles. The van der Waals surface area contributed by atoms with Gasteiger partial charge in [0.1, 0.15) is 5.69 Å². The number of H-pyrrole nitrogens is 1. The van der Waals surface area contributed by atoms with Gasteiger partial charge in [-0.25, -0.2) is 0 Å². The van der Waals surface area contributed by atoms with Gasteiger partial charge >= 0.3 is 0 Å². The number of nitrogen functional groups attached to an aromatic ring is 1. The van der Waals surface area contributed by atoms with Crippen molar-refractivity contribution in [3.8, 4) is 22.4 Å². The van der Waals surface area contributed by atoms with Gasteiger partial charge < -0.3 is 10.8 Å². The first-order chi connectivity index (χ1) is 9.78. The highest BCUT2D eigenvalue weighted by molar-refractivity contribution is 5.75. The molecule has 0 saturated carbocycles. The molecule has 0 unspecified atom stereocenters. The molecule has 3 rings (SSSR count). The van der Waals surface area contributed by atoms with Crippen LogP contribution in [0.1, 0.15) is 5.56 Å². The molecule has 0 aliphatic heterocycles. The topological polar surface area (TPSA) is 87.8 Å². The van der Waals surface area contributed by atoms with Crippen LogP contribution in [0.3, 0.4) is 0 Å². The Morgan fingerprint density at radius 1 is 0.950 bits per heavy atom. The smallest absolute Gasteiger partial charge is 0.173 e. The van der Waals surface area contributed by atoms with Gasteiger partial charge in [-0.15, -0.1) is 5.10 Å². The van der Waals surface area contributed by atoms with E-state index < -0.39 is 0 Å². The quantitative estimate of drug-likeness (QED) is 0.678. The summed E-state index contributed by atoms with van der Waals surface area (Å²) in [6.45, 7) is 0.0315. The molecule has 0 amide bonds. The second kappa shape index (κ2) is 5.14. The summed E-state index contributed by atoms with van der Waals surface area (Å²) in [6, 6.07) is 15.7. The third kappa shape index (κ3) is 2.26. The maximum atomic E-state index is 9.21. The molecule has 0 atom stereocenters. The molecule has 4 N–H and O–H groups in total. The maximum Gasteiger partial charge on any atom is 0.173 e. The predicted molar refractivity (Wildman–Crippen MR) is 77.6 cm³/mol. The number of hydrogen-bond donors (Lipinski definition) is 3. The molecule has 0 radical (unpaired) electrons. The Morgan fingerprint density at radius 2 is 1.65 bits per heavy atom. The number of aliphatic hydroxyl groups excluding tert-OH is 1. The zero-order valence-electron chi connectivity index (χ0n) is 10.7. The number of aliphatic hydroxyl groups is 1. The van der Waals surface area contributed by atoms with Gasteiger partial charge in [-0.1, -0.05) is 36.4 Å². The van der Waals surface area contributed by atoms with E-state index in [0.717, 1.165) is 22.3 Å². The van der Waals surface area contributed by atoms with Gasteiger partial charge in [0.2, 0.25) is 0 Å². The van der Waals surface area contributed by atoms with Gasteiger partial charge in [0, 0.05) is 5.56 Å². The number of benzene rings is 2. The number of nitrogens with two attached hydrogens (primary N) is 1. The fourth-order valence-corrected chi connectivity index (χ4v) is 2.15. The van der Waals surface area contributed by atoms with Crippen molar-refractivity contribution in [3.05, 3.63) is 54.1 Å². The molecule has 0 aliphatic carbocycles. The molecule has 0 fully saturated rings. The van der Waals surface area contributed by atoms with E-state index >= 15 is 0 Å². The Morgan fingerprint density at radius 3 is 2.35 bits per heavy atom. The summed E-state index contributed by atoms with van der Waals surface area (Å²) in [6.07, 6.45) is 0. The predicted octanol–water partition coefficient (Wildman–Crippen LogP) is 2.21. The lowest BCUT2D eigenvalue weighted by atomic mass is 10.0. The van der Waals surface area contributed by atoms with E-state index in [2.05, 4.69) is 15.4 Å². The number of aromatic nitrogens is 3. The van der Waals surface area contributed by atoms with E-state index in [4.69, 9.17) is 5.73 Å². The van der Waals surface area contributed by atoms with Crippen LogP contribution in [0.2, 0.25) is 0 Å². The molecule has 2 aromatic carbocycles. The zero-order chi connectivity index (χ0) is 13.9. The van der Waals surface area contributed by atoms with E-state index in [1.165, 1.54) is 0 Å². The van der Waals surface area contributed by atoms with Crippen LogP contribution in [-0.4, -0.2) is 20.5 Å². The van der Waals surface area contributed by atoms with Gasteiger partial charge in [-0.2, -0.15) is 10.3 Å². The number of hydrogen-bond acceptors (Lipinski definition) is 4. The average molecular weight is 266 g/mol. The van der Waals surface area contributed by atoms with Crippen molar-refractivity contribution in [1.29, 1.82) is 0 Å². The lowest BCUT2D eigenvalue weighted by Gasteiger charge is -2.06. The lowest BCUT2D eigenvalue weighted by molar-refractivity contribution is 0.282. The van der Waals surface area contributed by atoms with Crippen molar-refractivity contribution in [2.45, 2.75) is 6.61 Å². The fourth-order valence-electron chi connectivity index (χ4n) is 2.15. The lowest BCUT2D eigenvalue weighted by Crippen LogP contribution is -1.89. The highest BCUT2D eigenvalue weighted by Gasteiger charge is 2.08. The van der Waals surface area contributed by atoms with Crippen molar-refractivity contribution in [3.63, 3.8) is 0 Å². The number of aromatic amines is 1. The van der Waals surface area contributed by atoms with E-state index in [0.29, 0.717) is 11.5 Å². The van der Waals surface area contributed by atoms with E-state index in [9.17, 15) is 5.11 Å². The minimum Gasteiger partial charge on any atom is -0.392 e. The van der Waals surface area contributed by atoms with Gasteiger partial charge in [0.05, 0.1) is 6.61 Å². The number of anilines is 1. The van der Waals surface area contributed by atoms with Crippen molar-refractivity contribution >= 4 is 5.82 Å². The molecule has 0 aliphatic rings. The number of rotatable bonds is 3. The SMILES string of the molecule is Nc1n[nH]nc1-c1cccc(-c2cccc(CO)c2)c1. The monoisotopic (exact) mass is 266 g/mol. The van der Waals surface area contributed by atoms with Crippen molar-refractivity contribution < 1.29 is 5.11 Å². The summed E-state index contributed by atoms with van der Waals surface area (Å²) < 4.78 is 0. The molecule has 0 bridgehead atoms. The molecule has 0 saturated heterocycles. The summed E-state index contributed by atoms with van der Waals surface area (Å²) in [4.78, 5) is 0. The third-order valence-electron chi connectivity index (χ3n) is 3.15. The Bertz CT molecular complexity index is 736. The number of nitrogens with zero attached hydrogens (tertiary/aromatic N) is 2. The Hall–Kier alpha value is -2.66. The van der Waals surface area contributed by atoms with Crippen LogP contribution < -0.4 is 5.73 Å². The summed E-state index contributed by atoms with van der Waals surface area (Å²) >= 11 is 0. The molecular formula is C15H14N4O. The van der Waals surface area contributed by atoms with E-state index in [-0.39, 0.29) is 6.61 Å². The molecule has 0 spiro atoms. The second-order valence-corrected chi connectivity index (χ2v) is 4.50.